The zero-order valence-corrected chi connectivity index (χ0v) is 23.1. The van der Waals surface area contributed by atoms with E-state index in [4.69, 9.17) is 37.9 Å². The van der Waals surface area contributed by atoms with Gasteiger partial charge in [-0.1, -0.05) is 0 Å². The molecule has 0 amide bonds. The standard InChI is InChI=1S/C28H35NO10/c1-32-20-11-17(12-21(33-2)25(20)36-5)27(30)38-15-16-7-9-29-10-8-19(24(16)29)39-28(31)18-13-22(34-3)26(37-6)23(14-18)35-4/h11-14,16,19,24H,7-10,15H2,1-6H3/t16-,19-,24-/m1/s1. The van der Waals surface area contributed by atoms with Gasteiger partial charge in [-0.05, 0) is 43.7 Å². The lowest BCUT2D eigenvalue weighted by atomic mass is 9.97. The summed E-state index contributed by atoms with van der Waals surface area (Å²) >= 11 is 0. The summed E-state index contributed by atoms with van der Waals surface area (Å²) in [5, 5.41) is 0. The zero-order valence-electron chi connectivity index (χ0n) is 23.1. The summed E-state index contributed by atoms with van der Waals surface area (Å²) in [6.45, 7) is 1.83. The van der Waals surface area contributed by atoms with Gasteiger partial charge in [-0.25, -0.2) is 9.59 Å². The molecular weight excluding hydrogens is 510 g/mol. The highest BCUT2D eigenvalue weighted by atomic mass is 16.6. The average Bonchev–Trinajstić information content (AvgIpc) is 3.56. The number of nitrogens with zero attached hydrogens (tertiary/aromatic N) is 1. The van der Waals surface area contributed by atoms with Crippen LogP contribution in [0.15, 0.2) is 24.3 Å². The number of carbonyl (C=O) groups is 2. The summed E-state index contributed by atoms with van der Waals surface area (Å²) in [5.41, 5.74) is 0.586. The second kappa shape index (κ2) is 12.3. The summed E-state index contributed by atoms with van der Waals surface area (Å²) in [5.74, 6) is 1.28. The maximum Gasteiger partial charge on any atom is 0.338 e. The topological polar surface area (TPSA) is 111 Å². The Morgan fingerprint density at radius 3 is 1.62 bits per heavy atom. The molecule has 2 aliphatic rings. The molecule has 0 unspecified atom stereocenters. The lowest BCUT2D eigenvalue weighted by Gasteiger charge is -2.26. The third-order valence-electron chi connectivity index (χ3n) is 7.26. The number of fused-ring (bicyclic) bond motifs is 1. The molecule has 11 heteroatoms. The number of methoxy groups -OCH3 is 6. The molecule has 11 nitrogen and oxygen atoms in total. The summed E-state index contributed by atoms with van der Waals surface area (Å²) in [6.07, 6.45) is 1.17. The second-order valence-corrected chi connectivity index (χ2v) is 9.23. The molecule has 0 spiro atoms. The van der Waals surface area contributed by atoms with E-state index in [1.807, 2.05) is 0 Å². The number of hydrogen-bond acceptors (Lipinski definition) is 11. The minimum absolute atomic E-state index is 0.0104. The molecule has 3 atom stereocenters. The van der Waals surface area contributed by atoms with E-state index in [-0.39, 0.29) is 30.2 Å². The summed E-state index contributed by atoms with van der Waals surface area (Å²) in [7, 11) is 8.95. The van der Waals surface area contributed by atoms with Gasteiger partial charge in [0.25, 0.3) is 0 Å². The Balaban J connectivity index is 1.44. The van der Waals surface area contributed by atoms with E-state index in [2.05, 4.69) is 4.90 Å². The molecule has 2 heterocycles. The third kappa shape index (κ3) is 5.63. The number of benzene rings is 2. The smallest absolute Gasteiger partial charge is 0.338 e. The van der Waals surface area contributed by atoms with Gasteiger partial charge in [-0.3, -0.25) is 4.90 Å². The molecule has 2 aromatic carbocycles. The highest BCUT2D eigenvalue weighted by Gasteiger charge is 2.46. The van der Waals surface area contributed by atoms with Crippen molar-refractivity contribution < 1.29 is 47.5 Å². The predicted octanol–water partition coefficient (Wildman–Crippen LogP) is 3.21. The van der Waals surface area contributed by atoms with Gasteiger partial charge >= 0.3 is 11.9 Å². The fraction of sp³-hybridized carbons (Fsp3) is 0.500. The van der Waals surface area contributed by atoms with Crippen molar-refractivity contribution in [3.8, 4) is 34.5 Å². The molecule has 0 radical (unpaired) electrons. The van der Waals surface area contributed by atoms with E-state index in [0.29, 0.717) is 46.5 Å². The molecule has 0 N–H and O–H groups in total. The zero-order chi connectivity index (χ0) is 28.1. The second-order valence-electron chi connectivity index (χ2n) is 9.23. The van der Waals surface area contributed by atoms with Crippen LogP contribution < -0.4 is 28.4 Å². The minimum atomic E-state index is -0.503. The summed E-state index contributed by atoms with van der Waals surface area (Å²) in [6, 6.07) is 6.21. The maximum absolute atomic E-state index is 13.1. The lowest BCUT2D eigenvalue weighted by molar-refractivity contribution is 0.00940. The monoisotopic (exact) mass is 545 g/mol. The van der Waals surface area contributed by atoms with Crippen LogP contribution in [0.1, 0.15) is 33.6 Å². The minimum Gasteiger partial charge on any atom is -0.493 e. The van der Waals surface area contributed by atoms with Crippen LogP contribution in [0.25, 0.3) is 0 Å². The van der Waals surface area contributed by atoms with Gasteiger partial charge in [-0.2, -0.15) is 0 Å². The normalized spacial score (nSPS) is 20.1. The number of ether oxygens (including phenoxy) is 8. The first-order valence-electron chi connectivity index (χ1n) is 12.6. The number of rotatable bonds is 11. The van der Waals surface area contributed by atoms with Crippen molar-refractivity contribution in [1.29, 1.82) is 0 Å². The third-order valence-corrected chi connectivity index (χ3v) is 7.26. The van der Waals surface area contributed by atoms with Gasteiger partial charge in [-0.15, -0.1) is 0 Å². The molecule has 0 aliphatic carbocycles. The number of carbonyl (C=O) groups excluding carboxylic acids is 2. The van der Waals surface area contributed by atoms with Crippen molar-refractivity contribution >= 4 is 11.9 Å². The average molecular weight is 546 g/mol. The van der Waals surface area contributed by atoms with Gasteiger partial charge in [0.15, 0.2) is 23.0 Å². The van der Waals surface area contributed by atoms with E-state index in [9.17, 15) is 9.59 Å². The van der Waals surface area contributed by atoms with Gasteiger partial charge in [0.2, 0.25) is 11.5 Å². The Morgan fingerprint density at radius 2 is 1.15 bits per heavy atom. The lowest BCUT2D eigenvalue weighted by Crippen LogP contribution is -2.38. The SMILES string of the molecule is COc1cc(C(=O)OC[C@H]2CCN3CC[C@@H](OC(=O)c4cc(OC)c(OC)c(OC)c4)[C@@H]23)cc(OC)c1OC. The molecule has 0 saturated carbocycles. The quantitative estimate of drug-likeness (QED) is 0.388. The van der Waals surface area contributed by atoms with Crippen molar-refractivity contribution in [1.82, 2.24) is 4.90 Å². The van der Waals surface area contributed by atoms with Crippen molar-refractivity contribution in [2.75, 3.05) is 62.4 Å². The van der Waals surface area contributed by atoms with E-state index in [1.165, 1.54) is 42.7 Å². The van der Waals surface area contributed by atoms with Crippen LogP contribution in [0, 0.1) is 5.92 Å². The van der Waals surface area contributed by atoms with Crippen LogP contribution in [0.5, 0.6) is 34.5 Å². The number of esters is 2. The predicted molar refractivity (Wildman–Crippen MR) is 140 cm³/mol. The van der Waals surface area contributed by atoms with Gasteiger partial charge in [0, 0.05) is 12.5 Å². The van der Waals surface area contributed by atoms with Crippen molar-refractivity contribution in [3.63, 3.8) is 0 Å². The Hall–Kier alpha value is -3.86. The maximum atomic E-state index is 13.1. The van der Waals surface area contributed by atoms with Gasteiger partial charge in [0.1, 0.15) is 6.10 Å². The van der Waals surface area contributed by atoms with Crippen molar-refractivity contribution in [2.45, 2.75) is 25.0 Å². The van der Waals surface area contributed by atoms with E-state index < -0.39 is 11.9 Å². The Labute approximate surface area is 227 Å². The Kier molecular flexibility index (Phi) is 8.90. The van der Waals surface area contributed by atoms with Crippen LogP contribution in [-0.4, -0.2) is 91.3 Å². The van der Waals surface area contributed by atoms with E-state index in [1.54, 1.807) is 24.3 Å². The van der Waals surface area contributed by atoms with Crippen LogP contribution >= 0.6 is 0 Å². The van der Waals surface area contributed by atoms with E-state index in [0.717, 1.165) is 19.5 Å². The highest BCUT2D eigenvalue weighted by Crippen LogP contribution is 2.41. The van der Waals surface area contributed by atoms with Gasteiger partial charge < -0.3 is 37.9 Å². The van der Waals surface area contributed by atoms with Crippen LogP contribution in [-0.2, 0) is 9.47 Å². The Morgan fingerprint density at radius 1 is 0.692 bits per heavy atom. The molecule has 212 valence electrons. The molecule has 0 bridgehead atoms. The van der Waals surface area contributed by atoms with Crippen LogP contribution in [0.2, 0.25) is 0 Å². The van der Waals surface area contributed by atoms with Crippen molar-refractivity contribution in [3.05, 3.63) is 35.4 Å². The first-order chi connectivity index (χ1) is 18.9. The molecule has 2 aromatic rings. The fourth-order valence-corrected chi connectivity index (χ4v) is 5.39. The molecule has 4 rings (SSSR count). The fourth-order valence-electron chi connectivity index (χ4n) is 5.39. The number of hydrogen-bond donors (Lipinski definition) is 0. The Bertz CT molecular complexity index is 1150. The molecule has 39 heavy (non-hydrogen) atoms. The molecule has 0 aromatic heterocycles. The van der Waals surface area contributed by atoms with Crippen LogP contribution in [0.3, 0.4) is 0 Å². The first-order valence-corrected chi connectivity index (χ1v) is 12.6. The summed E-state index contributed by atoms with van der Waals surface area (Å²) < 4.78 is 43.8. The first kappa shape index (κ1) is 28.2. The molecule has 2 fully saturated rings. The highest BCUT2D eigenvalue weighted by molar-refractivity contribution is 5.92. The van der Waals surface area contributed by atoms with Gasteiger partial charge in [0.05, 0.1) is 66.4 Å². The van der Waals surface area contributed by atoms with Crippen molar-refractivity contribution in [2.24, 2.45) is 5.92 Å². The molecule has 2 saturated heterocycles. The van der Waals surface area contributed by atoms with E-state index >= 15 is 0 Å². The van der Waals surface area contributed by atoms with Crippen LogP contribution in [0.4, 0.5) is 0 Å². The molecular formula is C28H35NO10. The molecule has 2 aliphatic heterocycles. The largest absolute Gasteiger partial charge is 0.493 e. The summed E-state index contributed by atoms with van der Waals surface area (Å²) in [4.78, 5) is 28.4.